The molecule has 1 saturated heterocycles. The van der Waals surface area contributed by atoms with Crippen molar-refractivity contribution in [2.45, 2.75) is 18.9 Å². The van der Waals surface area contributed by atoms with E-state index < -0.39 is 0 Å². The zero-order valence-corrected chi connectivity index (χ0v) is 10.5. The summed E-state index contributed by atoms with van der Waals surface area (Å²) in [7, 11) is 1.51. The van der Waals surface area contributed by atoms with Crippen molar-refractivity contribution < 1.29 is 14.2 Å². The fourth-order valence-electron chi connectivity index (χ4n) is 1.98. The van der Waals surface area contributed by atoms with Crippen LogP contribution in [-0.4, -0.2) is 46.4 Å². The number of aromatic amines is 1. The Hall–Kier alpha value is -2.09. The first-order valence-electron chi connectivity index (χ1n) is 6.08. The number of nitrogens with one attached hydrogen (secondary N) is 1. The lowest BCUT2D eigenvalue weighted by Gasteiger charge is -2.09. The van der Waals surface area contributed by atoms with Gasteiger partial charge in [0.15, 0.2) is 11.5 Å². The van der Waals surface area contributed by atoms with Crippen LogP contribution in [0.2, 0.25) is 0 Å². The molecule has 1 fully saturated rings. The fourth-order valence-corrected chi connectivity index (χ4v) is 1.98. The lowest BCUT2D eigenvalue weighted by Crippen LogP contribution is -2.17. The van der Waals surface area contributed by atoms with Gasteiger partial charge in [-0.1, -0.05) is 0 Å². The summed E-state index contributed by atoms with van der Waals surface area (Å²) in [5.41, 5.74) is 6.79. The highest BCUT2D eigenvalue weighted by Gasteiger charge is 2.18. The monoisotopic (exact) mass is 265 g/mol. The predicted octanol–water partition coefficient (Wildman–Crippen LogP) is 0.501. The summed E-state index contributed by atoms with van der Waals surface area (Å²) in [6, 6.07) is 0.543. The summed E-state index contributed by atoms with van der Waals surface area (Å²) >= 11 is 0. The van der Waals surface area contributed by atoms with Crippen LogP contribution < -0.4 is 15.2 Å². The second-order valence-corrected chi connectivity index (χ2v) is 4.28. The molecule has 0 radical (unpaired) electrons. The molecule has 3 rings (SSSR count). The van der Waals surface area contributed by atoms with Crippen molar-refractivity contribution in [1.29, 1.82) is 0 Å². The largest absolute Gasteiger partial charge is 0.468 e. The van der Waals surface area contributed by atoms with Crippen molar-refractivity contribution in [3.8, 4) is 12.0 Å². The topological polar surface area (TPSA) is 108 Å². The molecule has 1 aliphatic rings. The first-order chi connectivity index (χ1) is 9.26. The Morgan fingerprint density at radius 1 is 1.42 bits per heavy atom. The second-order valence-electron chi connectivity index (χ2n) is 4.28. The molecule has 0 aromatic carbocycles. The highest BCUT2D eigenvalue weighted by atomic mass is 16.5. The number of hydrogen-bond donors (Lipinski definition) is 2. The minimum Gasteiger partial charge on any atom is -0.468 e. The first-order valence-corrected chi connectivity index (χ1v) is 6.08. The Morgan fingerprint density at radius 3 is 3.05 bits per heavy atom. The molecule has 0 aliphatic carbocycles. The van der Waals surface area contributed by atoms with Crippen molar-refractivity contribution in [3.63, 3.8) is 0 Å². The molecule has 0 amide bonds. The molecule has 102 valence electrons. The molecule has 3 N–H and O–H groups in total. The number of fused-ring (bicyclic) bond motifs is 1. The number of nitrogens with two attached hydrogens (primary N) is 1. The fraction of sp³-hybridized carbons (Fsp3) is 0.545. The number of anilines is 1. The summed E-state index contributed by atoms with van der Waals surface area (Å²) in [6.07, 6.45) is 2.16. The van der Waals surface area contributed by atoms with E-state index in [1.807, 2.05) is 0 Å². The molecule has 8 heteroatoms. The molecule has 1 aliphatic heterocycles. The van der Waals surface area contributed by atoms with Crippen molar-refractivity contribution in [3.05, 3.63) is 0 Å². The van der Waals surface area contributed by atoms with Gasteiger partial charge in [0.05, 0.1) is 13.2 Å². The van der Waals surface area contributed by atoms with Crippen LogP contribution in [-0.2, 0) is 4.74 Å². The summed E-state index contributed by atoms with van der Waals surface area (Å²) in [4.78, 5) is 15.2. The van der Waals surface area contributed by atoms with Gasteiger partial charge < -0.3 is 24.9 Å². The maximum absolute atomic E-state index is 5.82. The number of H-pyrrole nitrogens is 1. The Bertz CT molecular complexity index is 579. The maximum atomic E-state index is 5.82. The predicted molar refractivity (Wildman–Crippen MR) is 67.1 cm³/mol. The number of ether oxygens (including phenoxy) is 3. The number of hydrogen-bond acceptors (Lipinski definition) is 7. The van der Waals surface area contributed by atoms with Crippen LogP contribution in [0.1, 0.15) is 12.8 Å². The van der Waals surface area contributed by atoms with Gasteiger partial charge in [0.2, 0.25) is 0 Å². The zero-order valence-electron chi connectivity index (χ0n) is 10.5. The van der Waals surface area contributed by atoms with Crippen molar-refractivity contribution >= 4 is 17.0 Å². The molecule has 0 saturated carbocycles. The van der Waals surface area contributed by atoms with E-state index in [1.165, 1.54) is 7.11 Å². The molecule has 19 heavy (non-hydrogen) atoms. The lowest BCUT2D eigenvalue weighted by molar-refractivity contribution is 0.0647. The molecule has 1 unspecified atom stereocenters. The van der Waals surface area contributed by atoms with Crippen molar-refractivity contribution in [2.24, 2.45) is 0 Å². The highest BCUT2D eigenvalue weighted by Crippen LogP contribution is 2.21. The molecule has 0 spiro atoms. The number of methoxy groups -OCH3 is 1. The molecule has 2 aromatic rings. The number of aromatic nitrogens is 4. The van der Waals surface area contributed by atoms with E-state index in [2.05, 4.69) is 19.9 Å². The lowest BCUT2D eigenvalue weighted by atomic mass is 10.2. The van der Waals surface area contributed by atoms with E-state index in [1.54, 1.807) is 0 Å². The molecule has 1 atom stereocenters. The van der Waals surface area contributed by atoms with Gasteiger partial charge in [-0.2, -0.15) is 15.0 Å². The van der Waals surface area contributed by atoms with Gasteiger partial charge in [-0.05, 0) is 12.8 Å². The van der Waals surface area contributed by atoms with E-state index in [0.29, 0.717) is 23.8 Å². The SMILES string of the molecule is COc1nc2nc(OCC3CCCO3)nc(N)c2[nH]1. The average Bonchev–Trinajstić information content (AvgIpc) is 3.05. The van der Waals surface area contributed by atoms with Crippen LogP contribution in [0.25, 0.3) is 11.2 Å². The quantitative estimate of drug-likeness (QED) is 0.828. The van der Waals surface area contributed by atoms with Gasteiger partial charge in [0, 0.05) is 6.61 Å². The first kappa shape index (κ1) is 12.0. The highest BCUT2D eigenvalue weighted by molar-refractivity contribution is 5.82. The third-order valence-electron chi connectivity index (χ3n) is 2.95. The van der Waals surface area contributed by atoms with Crippen LogP contribution in [0.3, 0.4) is 0 Å². The Labute approximate surface area is 109 Å². The van der Waals surface area contributed by atoms with E-state index in [9.17, 15) is 0 Å². The molecular formula is C11H15N5O3. The van der Waals surface area contributed by atoms with Crippen LogP contribution in [0, 0.1) is 0 Å². The number of rotatable bonds is 4. The molecule has 0 bridgehead atoms. The van der Waals surface area contributed by atoms with Crippen molar-refractivity contribution in [2.75, 3.05) is 26.1 Å². The van der Waals surface area contributed by atoms with E-state index in [-0.39, 0.29) is 17.9 Å². The minimum atomic E-state index is 0.106. The van der Waals surface area contributed by atoms with Gasteiger partial charge >= 0.3 is 6.01 Å². The summed E-state index contributed by atoms with van der Waals surface area (Å²) in [6.45, 7) is 1.21. The van der Waals surface area contributed by atoms with E-state index in [0.717, 1.165) is 19.4 Å². The normalized spacial score (nSPS) is 18.9. The average molecular weight is 265 g/mol. The van der Waals surface area contributed by atoms with Crippen LogP contribution in [0.5, 0.6) is 12.0 Å². The van der Waals surface area contributed by atoms with E-state index in [4.69, 9.17) is 19.9 Å². The van der Waals surface area contributed by atoms with E-state index >= 15 is 0 Å². The summed E-state index contributed by atoms with van der Waals surface area (Å²) < 4.78 is 15.9. The second kappa shape index (κ2) is 4.88. The molecular weight excluding hydrogens is 250 g/mol. The van der Waals surface area contributed by atoms with Gasteiger partial charge in [-0.15, -0.1) is 0 Å². The standard InChI is InChI=1S/C11H15N5O3/c1-17-10-13-7-8(12)14-11(16-9(7)15-10)19-5-6-3-2-4-18-6/h6H,2-5H2,1H3,(H3,12,13,14,15,16). The van der Waals surface area contributed by atoms with Crippen LogP contribution >= 0.6 is 0 Å². The molecule has 3 heterocycles. The van der Waals surface area contributed by atoms with Gasteiger partial charge in [0.25, 0.3) is 6.01 Å². The van der Waals surface area contributed by atoms with Gasteiger partial charge in [-0.25, -0.2) is 0 Å². The smallest absolute Gasteiger partial charge is 0.320 e. The van der Waals surface area contributed by atoms with Crippen molar-refractivity contribution in [1.82, 2.24) is 19.9 Å². The minimum absolute atomic E-state index is 0.106. The zero-order chi connectivity index (χ0) is 13.2. The Balaban J connectivity index is 1.79. The van der Waals surface area contributed by atoms with Crippen LogP contribution in [0.4, 0.5) is 5.82 Å². The van der Waals surface area contributed by atoms with Gasteiger partial charge in [-0.3, -0.25) is 0 Å². The number of imidazole rings is 1. The Kier molecular flexibility index (Phi) is 3.08. The molecule has 2 aromatic heterocycles. The van der Waals surface area contributed by atoms with Crippen LogP contribution in [0.15, 0.2) is 0 Å². The Morgan fingerprint density at radius 2 is 2.32 bits per heavy atom. The third kappa shape index (κ3) is 2.39. The molecule has 8 nitrogen and oxygen atoms in total. The maximum Gasteiger partial charge on any atom is 0.320 e. The number of nitrogens with zero attached hydrogens (tertiary/aromatic N) is 3. The summed E-state index contributed by atoms with van der Waals surface area (Å²) in [5.74, 6) is 0.281. The summed E-state index contributed by atoms with van der Waals surface area (Å²) in [5, 5.41) is 0. The third-order valence-corrected chi connectivity index (χ3v) is 2.95. The van der Waals surface area contributed by atoms with Gasteiger partial charge in [0.1, 0.15) is 12.1 Å². The number of nitrogen functional groups attached to an aromatic ring is 1.